The Morgan fingerprint density at radius 1 is 1.78 bits per heavy atom. The maximum absolute atomic E-state index is 8.09. The highest BCUT2D eigenvalue weighted by molar-refractivity contribution is 5.46. The van der Waals surface area contributed by atoms with Gasteiger partial charge in [0.25, 0.3) is 0 Å². The van der Waals surface area contributed by atoms with E-state index in [1.165, 1.54) is 6.08 Å². The molecule has 0 saturated carbocycles. The van der Waals surface area contributed by atoms with E-state index in [2.05, 4.69) is 10.2 Å². The zero-order chi connectivity index (χ0) is 6.53. The van der Waals surface area contributed by atoms with Crippen LogP contribution in [0.25, 0.3) is 6.08 Å². The molecule has 0 atom stereocenters. The van der Waals surface area contributed by atoms with Crippen molar-refractivity contribution in [3.05, 3.63) is 24.0 Å². The van der Waals surface area contributed by atoms with Gasteiger partial charge in [-0.2, -0.15) is 10.4 Å². The van der Waals surface area contributed by atoms with Crippen LogP contribution in [0.2, 0.25) is 0 Å². The highest BCUT2D eigenvalue weighted by Crippen LogP contribution is 1.92. The molecule has 0 radical (unpaired) electrons. The first kappa shape index (κ1) is 5.57. The monoisotopic (exact) mass is 119 g/mol. The summed E-state index contributed by atoms with van der Waals surface area (Å²) in [5.74, 6) is 0. The van der Waals surface area contributed by atoms with Crippen molar-refractivity contribution in [1.29, 1.82) is 5.26 Å². The number of rotatable bonds is 1. The lowest BCUT2D eigenvalue weighted by Crippen LogP contribution is -1.68. The molecule has 0 spiro atoms. The van der Waals surface area contributed by atoms with E-state index in [-0.39, 0.29) is 0 Å². The number of aromatic amines is 1. The van der Waals surface area contributed by atoms with Crippen molar-refractivity contribution >= 4 is 6.08 Å². The van der Waals surface area contributed by atoms with E-state index in [1.807, 2.05) is 6.07 Å². The van der Waals surface area contributed by atoms with Gasteiger partial charge in [0.2, 0.25) is 0 Å². The highest BCUT2D eigenvalue weighted by atomic mass is 15.1. The van der Waals surface area contributed by atoms with E-state index in [0.717, 1.165) is 5.69 Å². The van der Waals surface area contributed by atoms with Crippen LogP contribution >= 0.6 is 0 Å². The lowest BCUT2D eigenvalue weighted by molar-refractivity contribution is 1.08. The lowest BCUT2D eigenvalue weighted by Gasteiger charge is -1.75. The Labute approximate surface area is 52.6 Å². The molecule has 1 heterocycles. The predicted octanol–water partition coefficient (Wildman–Crippen LogP) is 0.946. The van der Waals surface area contributed by atoms with Gasteiger partial charge < -0.3 is 0 Å². The Morgan fingerprint density at radius 3 is 3.22 bits per heavy atom. The number of aromatic nitrogens is 2. The molecule has 0 fully saturated rings. The normalized spacial score (nSPS) is 9.67. The topological polar surface area (TPSA) is 52.5 Å². The molecule has 0 aromatic carbocycles. The zero-order valence-corrected chi connectivity index (χ0v) is 4.70. The fourth-order valence-corrected chi connectivity index (χ4v) is 0.487. The van der Waals surface area contributed by atoms with Crippen LogP contribution in [0.3, 0.4) is 0 Å². The van der Waals surface area contributed by atoms with Crippen LogP contribution < -0.4 is 0 Å². The number of nitrogens with one attached hydrogen (secondary N) is 1. The Kier molecular flexibility index (Phi) is 1.66. The van der Waals surface area contributed by atoms with Gasteiger partial charge in [-0.3, -0.25) is 5.10 Å². The summed E-state index contributed by atoms with van der Waals surface area (Å²) in [7, 11) is 0. The van der Waals surface area contributed by atoms with E-state index in [1.54, 1.807) is 18.3 Å². The third kappa shape index (κ3) is 1.42. The Bertz CT molecular complexity index is 227. The van der Waals surface area contributed by atoms with E-state index in [0.29, 0.717) is 0 Å². The smallest absolute Gasteiger partial charge is 0.0912 e. The molecule has 1 aromatic heterocycles. The van der Waals surface area contributed by atoms with Crippen LogP contribution in [0, 0.1) is 11.3 Å². The molecule has 0 amide bonds. The molecule has 0 bridgehead atoms. The molecule has 1 N–H and O–H groups in total. The quantitative estimate of drug-likeness (QED) is 0.559. The minimum atomic E-state index is 0.844. The van der Waals surface area contributed by atoms with Gasteiger partial charge in [0.05, 0.1) is 11.8 Å². The molecule has 0 aliphatic heterocycles. The SMILES string of the molecule is N#C/C=C/c1ccn[nH]1. The van der Waals surface area contributed by atoms with Crippen LogP contribution in [0.1, 0.15) is 5.69 Å². The van der Waals surface area contributed by atoms with Crippen molar-refractivity contribution in [2.24, 2.45) is 0 Å². The van der Waals surface area contributed by atoms with E-state index < -0.39 is 0 Å². The Morgan fingerprint density at radius 2 is 2.67 bits per heavy atom. The molecule has 3 heteroatoms. The minimum absolute atomic E-state index is 0.844. The summed E-state index contributed by atoms with van der Waals surface area (Å²) in [6.45, 7) is 0. The third-order valence-corrected chi connectivity index (χ3v) is 0.860. The predicted molar refractivity (Wildman–Crippen MR) is 33.2 cm³/mol. The molecule has 3 nitrogen and oxygen atoms in total. The number of hydrogen-bond donors (Lipinski definition) is 1. The van der Waals surface area contributed by atoms with Crippen molar-refractivity contribution < 1.29 is 0 Å². The van der Waals surface area contributed by atoms with Gasteiger partial charge in [0.15, 0.2) is 0 Å². The maximum atomic E-state index is 8.09. The Hall–Kier alpha value is -1.56. The van der Waals surface area contributed by atoms with Crippen molar-refractivity contribution in [2.75, 3.05) is 0 Å². The van der Waals surface area contributed by atoms with Crippen molar-refractivity contribution in [2.45, 2.75) is 0 Å². The second-order valence-corrected chi connectivity index (χ2v) is 1.47. The first-order chi connectivity index (χ1) is 4.43. The second kappa shape index (κ2) is 2.68. The third-order valence-electron chi connectivity index (χ3n) is 0.860. The molecule has 0 aliphatic rings. The van der Waals surface area contributed by atoms with Gasteiger partial charge >= 0.3 is 0 Å². The number of nitriles is 1. The van der Waals surface area contributed by atoms with Crippen molar-refractivity contribution in [1.82, 2.24) is 10.2 Å². The lowest BCUT2D eigenvalue weighted by atomic mass is 10.4. The summed E-state index contributed by atoms with van der Waals surface area (Å²) in [5, 5.41) is 14.5. The average Bonchev–Trinajstić information content (AvgIpc) is 2.34. The fraction of sp³-hybridized carbons (Fsp3) is 0. The van der Waals surface area contributed by atoms with Crippen LogP contribution in [0.5, 0.6) is 0 Å². The van der Waals surface area contributed by atoms with Crippen LogP contribution in [0.15, 0.2) is 18.3 Å². The number of allylic oxidation sites excluding steroid dienone is 1. The molecule has 1 rings (SSSR count). The van der Waals surface area contributed by atoms with Gasteiger partial charge in [0.1, 0.15) is 0 Å². The molecule has 44 valence electrons. The zero-order valence-electron chi connectivity index (χ0n) is 4.70. The fourth-order valence-electron chi connectivity index (χ4n) is 0.487. The first-order valence-corrected chi connectivity index (χ1v) is 2.49. The van der Waals surface area contributed by atoms with Gasteiger partial charge in [0, 0.05) is 12.3 Å². The molecule has 9 heavy (non-hydrogen) atoms. The largest absolute Gasteiger partial charge is 0.278 e. The molecular weight excluding hydrogens is 114 g/mol. The second-order valence-electron chi connectivity index (χ2n) is 1.47. The molecular formula is C6H5N3. The number of nitrogens with zero attached hydrogens (tertiary/aromatic N) is 2. The van der Waals surface area contributed by atoms with Crippen LogP contribution in [0.4, 0.5) is 0 Å². The summed E-state index contributed by atoms with van der Waals surface area (Å²) < 4.78 is 0. The Balaban J connectivity index is 2.71. The summed E-state index contributed by atoms with van der Waals surface area (Å²) in [6, 6.07) is 3.66. The maximum Gasteiger partial charge on any atom is 0.0912 e. The molecule has 0 aliphatic carbocycles. The average molecular weight is 119 g/mol. The van der Waals surface area contributed by atoms with Gasteiger partial charge in [-0.15, -0.1) is 0 Å². The molecule has 1 aromatic rings. The van der Waals surface area contributed by atoms with E-state index >= 15 is 0 Å². The molecule has 0 unspecified atom stereocenters. The minimum Gasteiger partial charge on any atom is -0.278 e. The molecule has 0 saturated heterocycles. The van der Waals surface area contributed by atoms with Crippen molar-refractivity contribution in [3.63, 3.8) is 0 Å². The van der Waals surface area contributed by atoms with Crippen LogP contribution in [-0.4, -0.2) is 10.2 Å². The van der Waals surface area contributed by atoms with Crippen molar-refractivity contribution in [3.8, 4) is 6.07 Å². The highest BCUT2D eigenvalue weighted by Gasteiger charge is 1.81. The summed E-state index contributed by atoms with van der Waals surface area (Å²) in [5.41, 5.74) is 0.844. The van der Waals surface area contributed by atoms with E-state index in [9.17, 15) is 0 Å². The van der Waals surface area contributed by atoms with Gasteiger partial charge in [-0.25, -0.2) is 0 Å². The van der Waals surface area contributed by atoms with E-state index in [4.69, 9.17) is 5.26 Å². The standard InChI is InChI=1S/C6H5N3/c7-4-1-2-6-3-5-8-9-6/h1-3,5H,(H,8,9)/b2-1+. The van der Waals surface area contributed by atoms with Gasteiger partial charge in [-0.1, -0.05) is 0 Å². The summed E-state index contributed by atoms with van der Waals surface area (Å²) in [6.07, 6.45) is 4.69. The summed E-state index contributed by atoms with van der Waals surface area (Å²) >= 11 is 0. The van der Waals surface area contributed by atoms with Gasteiger partial charge in [-0.05, 0) is 12.1 Å². The first-order valence-electron chi connectivity index (χ1n) is 2.49. The van der Waals surface area contributed by atoms with Crippen LogP contribution in [-0.2, 0) is 0 Å². The number of H-pyrrole nitrogens is 1. The summed E-state index contributed by atoms with van der Waals surface area (Å²) in [4.78, 5) is 0. The number of hydrogen-bond acceptors (Lipinski definition) is 2.